The molecule has 4 rings (SSSR count). The highest BCUT2D eigenvalue weighted by Gasteiger charge is 2.22. The molecule has 2 aromatic rings. The zero-order valence-electron chi connectivity index (χ0n) is 17.8. The van der Waals surface area contributed by atoms with Crippen molar-refractivity contribution in [3.63, 3.8) is 0 Å². The summed E-state index contributed by atoms with van der Waals surface area (Å²) < 4.78 is 46.7. The number of nitrogens with zero attached hydrogens (tertiary/aromatic N) is 2. The Bertz CT molecular complexity index is 954. The number of rotatable bonds is 10. The van der Waals surface area contributed by atoms with E-state index in [1.54, 1.807) is 12.3 Å². The van der Waals surface area contributed by atoms with Gasteiger partial charge in [-0.3, -0.25) is 0 Å². The van der Waals surface area contributed by atoms with Crippen molar-refractivity contribution >= 4 is 5.96 Å². The SMILES string of the molecule is CCNC(=NCc1ccnc(OCC2CC2)c1)NCc1cc2c(cc1OC(F)F)OCO2. The average molecular weight is 448 g/mol. The Morgan fingerprint density at radius 2 is 2.03 bits per heavy atom. The van der Waals surface area contributed by atoms with E-state index < -0.39 is 6.61 Å². The van der Waals surface area contributed by atoms with Crippen molar-refractivity contribution in [1.29, 1.82) is 0 Å². The van der Waals surface area contributed by atoms with Crippen molar-refractivity contribution in [3.8, 4) is 23.1 Å². The molecule has 0 atom stereocenters. The van der Waals surface area contributed by atoms with Gasteiger partial charge >= 0.3 is 6.61 Å². The largest absolute Gasteiger partial charge is 0.477 e. The van der Waals surface area contributed by atoms with Crippen molar-refractivity contribution < 1.29 is 27.7 Å². The second-order valence-corrected chi connectivity index (χ2v) is 7.50. The molecule has 1 fully saturated rings. The van der Waals surface area contributed by atoms with Gasteiger partial charge in [0.15, 0.2) is 17.5 Å². The van der Waals surface area contributed by atoms with Crippen LogP contribution in [0.5, 0.6) is 23.1 Å². The number of guanidine groups is 1. The van der Waals surface area contributed by atoms with Crippen molar-refractivity contribution in [1.82, 2.24) is 15.6 Å². The molecular formula is C22H26F2N4O4. The second-order valence-electron chi connectivity index (χ2n) is 7.50. The van der Waals surface area contributed by atoms with Crippen molar-refractivity contribution in [2.75, 3.05) is 19.9 Å². The van der Waals surface area contributed by atoms with Crippen LogP contribution < -0.4 is 29.6 Å². The maximum absolute atomic E-state index is 12.8. The van der Waals surface area contributed by atoms with E-state index in [4.69, 9.17) is 14.2 Å². The molecule has 172 valence electrons. The van der Waals surface area contributed by atoms with Crippen LogP contribution in [0.2, 0.25) is 0 Å². The van der Waals surface area contributed by atoms with E-state index in [1.165, 1.54) is 18.9 Å². The number of halogens is 2. The molecule has 0 saturated heterocycles. The molecule has 8 nitrogen and oxygen atoms in total. The fourth-order valence-electron chi connectivity index (χ4n) is 3.12. The summed E-state index contributed by atoms with van der Waals surface area (Å²) in [4.78, 5) is 8.82. The molecule has 2 aliphatic rings. The third-order valence-electron chi connectivity index (χ3n) is 4.95. The summed E-state index contributed by atoms with van der Waals surface area (Å²) >= 11 is 0. The Morgan fingerprint density at radius 1 is 1.22 bits per heavy atom. The van der Waals surface area contributed by atoms with Gasteiger partial charge in [-0.2, -0.15) is 8.78 Å². The molecule has 0 spiro atoms. The lowest BCUT2D eigenvalue weighted by molar-refractivity contribution is -0.0505. The molecule has 0 amide bonds. The summed E-state index contributed by atoms with van der Waals surface area (Å²) in [5, 5.41) is 6.29. The molecule has 1 aromatic carbocycles. The van der Waals surface area contributed by atoms with Crippen LogP contribution in [0.25, 0.3) is 0 Å². The first-order valence-electron chi connectivity index (χ1n) is 10.6. The van der Waals surface area contributed by atoms with E-state index in [0.29, 0.717) is 54.5 Å². The molecule has 1 aliphatic heterocycles. The normalized spacial score (nSPS) is 15.1. The van der Waals surface area contributed by atoms with E-state index in [-0.39, 0.29) is 19.1 Å². The van der Waals surface area contributed by atoms with Crippen molar-refractivity contribution in [2.24, 2.45) is 10.9 Å². The van der Waals surface area contributed by atoms with E-state index in [1.807, 2.05) is 19.1 Å². The third kappa shape index (κ3) is 6.12. The fraction of sp³-hybridized carbons (Fsp3) is 0.455. The summed E-state index contributed by atoms with van der Waals surface area (Å²) in [7, 11) is 0. The quantitative estimate of drug-likeness (QED) is 0.425. The van der Waals surface area contributed by atoms with Crippen molar-refractivity contribution in [3.05, 3.63) is 41.6 Å². The summed E-state index contributed by atoms with van der Waals surface area (Å²) in [6.07, 6.45) is 4.14. The maximum atomic E-state index is 12.8. The molecule has 0 unspecified atom stereocenters. The van der Waals surface area contributed by atoms with Gasteiger partial charge in [-0.25, -0.2) is 9.98 Å². The van der Waals surface area contributed by atoms with E-state index in [2.05, 4.69) is 25.3 Å². The van der Waals surface area contributed by atoms with Gasteiger partial charge in [-0.15, -0.1) is 0 Å². The topological polar surface area (TPSA) is 86.2 Å². The average Bonchev–Trinajstić information content (AvgIpc) is 3.50. The second kappa shape index (κ2) is 10.3. The van der Waals surface area contributed by atoms with Crippen molar-refractivity contribution in [2.45, 2.75) is 39.5 Å². The van der Waals surface area contributed by atoms with Crippen LogP contribution in [-0.4, -0.2) is 37.5 Å². The van der Waals surface area contributed by atoms with Crippen LogP contribution in [0, 0.1) is 5.92 Å². The number of ether oxygens (including phenoxy) is 4. The monoisotopic (exact) mass is 448 g/mol. The van der Waals surface area contributed by atoms with Gasteiger partial charge in [0.05, 0.1) is 13.2 Å². The summed E-state index contributed by atoms with van der Waals surface area (Å²) in [6.45, 7) is 0.985. The minimum Gasteiger partial charge on any atom is -0.477 e. The molecule has 2 N–H and O–H groups in total. The number of pyridine rings is 1. The molecule has 0 bridgehead atoms. The molecular weight excluding hydrogens is 422 g/mol. The van der Waals surface area contributed by atoms with Gasteiger partial charge in [0, 0.05) is 37.0 Å². The number of nitrogens with one attached hydrogen (secondary N) is 2. The summed E-state index contributed by atoms with van der Waals surface area (Å²) in [5.74, 6) is 2.67. The van der Waals surface area contributed by atoms with E-state index in [0.717, 1.165) is 5.56 Å². The van der Waals surface area contributed by atoms with E-state index >= 15 is 0 Å². The molecule has 1 saturated carbocycles. The zero-order valence-corrected chi connectivity index (χ0v) is 17.8. The number of benzene rings is 1. The van der Waals surface area contributed by atoms with Gasteiger partial charge in [0.1, 0.15) is 5.75 Å². The lowest BCUT2D eigenvalue weighted by Gasteiger charge is -2.15. The summed E-state index contributed by atoms with van der Waals surface area (Å²) in [6, 6.07) is 6.80. The van der Waals surface area contributed by atoms with Crippen LogP contribution in [0.3, 0.4) is 0 Å². The predicted molar refractivity (Wildman–Crippen MR) is 113 cm³/mol. The lowest BCUT2D eigenvalue weighted by Crippen LogP contribution is -2.36. The molecule has 0 radical (unpaired) electrons. The first-order valence-corrected chi connectivity index (χ1v) is 10.6. The lowest BCUT2D eigenvalue weighted by atomic mass is 10.1. The Labute approximate surface area is 184 Å². The van der Waals surface area contributed by atoms with E-state index in [9.17, 15) is 8.78 Å². The molecule has 10 heteroatoms. The van der Waals surface area contributed by atoms with Gasteiger partial charge in [0.2, 0.25) is 12.7 Å². The molecule has 2 heterocycles. The molecule has 1 aliphatic carbocycles. The zero-order chi connectivity index (χ0) is 22.3. The van der Waals surface area contributed by atoms with Crippen LogP contribution in [0.15, 0.2) is 35.5 Å². The van der Waals surface area contributed by atoms with Gasteiger partial charge in [-0.1, -0.05) is 0 Å². The number of hydrogen-bond donors (Lipinski definition) is 2. The minimum absolute atomic E-state index is 0.0270. The van der Waals surface area contributed by atoms with Gasteiger partial charge in [0.25, 0.3) is 0 Å². The number of aromatic nitrogens is 1. The Hall–Kier alpha value is -3.30. The molecule has 32 heavy (non-hydrogen) atoms. The summed E-state index contributed by atoms with van der Waals surface area (Å²) in [5.41, 5.74) is 1.45. The smallest absolute Gasteiger partial charge is 0.387 e. The van der Waals surface area contributed by atoms with Crippen LogP contribution >= 0.6 is 0 Å². The maximum Gasteiger partial charge on any atom is 0.387 e. The Morgan fingerprint density at radius 3 is 2.78 bits per heavy atom. The highest BCUT2D eigenvalue weighted by Crippen LogP contribution is 2.38. The Balaban J connectivity index is 1.41. The highest BCUT2D eigenvalue weighted by atomic mass is 19.3. The predicted octanol–water partition coefficient (Wildman–Crippen LogP) is 3.46. The first-order chi connectivity index (χ1) is 15.6. The van der Waals surface area contributed by atoms with Crippen LogP contribution in [0.1, 0.15) is 30.9 Å². The highest BCUT2D eigenvalue weighted by molar-refractivity contribution is 5.79. The van der Waals surface area contributed by atoms with Crippen LogP contribution in [0.4, 0.5) is 8.78 Å². The minimum atomic E-state index is -2.95. The standard InChI is InChI=1S/C22H26F2N4O4/c1-2-25-22(27-10-15-5-6-26-20(7-15)29-12-14-3-4-14)28-11-16-8-18-19(31-13-30-18)9-17(16)32-21(23)24/h5-9,14,21H,2-4,10-13H2,1H3,(H2,25,27,28). The first kappa shape index (κ1) is 21.9. The number of hydrogen-bond acceptors (Lipinski definition) is 6. The van der Waals surface area contributed by atoms with Crippen LogP contribution in [-0.2, 0) is 13.1 Å². The number of alkyl halides is 2. The Kier molecular flexibility index (Phi) is 7.08. The fourth-order valence-corrected chi connectivity index (χ4v) is 3.12. The number of fused-ring (bicyclic) bond motifs is 1. The number of aliphatic imine (C=N–C) groups is 1. The third-order valence-corrected chi connectivity index (χ3v) is 4.95. The van der Waals surface area contributed by atoms with Gasteiger partial charge < -0.3 is 29.6 Å². The molecule has 1 aromatic heterocycles. The van der Waals surface area contributed by atoms with Gasteiger partial charge in [-0.05, 0) is 43.4 Å².